The largest absolute Gasteiger partial charge is 0.323 e. The van der Waals surface area contributed by atoms with Crippen molar-refractivity contribution in [2.75, 3.05) is 19.6 Å². The minimum absolute atomic E-state index is 0.233. The molecule has 1 atom stereocenters. The molecule has 1 aliphatic heterocycles. The molecule has 1 aliphatic rings. The highest BCUT2D eigenvalue weighted by atomic mass is 16.2. The maximum absolute atomic E-state index is 11.7. The van der Waals surface area contributed by atoms with Gasteiger partial charge in [-0.05, 0) is 19.8 Å². The Hall–Kier alpha value is -0.730. The Morgan fingerprint density at radius 1 is 1.31 bits per heavy atom. The third-order valence-electron chi connectivity index (χ3n) is 2.49. The second-order valence-corrected chi connectivity index (χ2v) is 3.77. The minimum atomic E-state index is 0.233. The smallest absolute Gasteiger partial charge is 0.320 e. The van der Waals surface area contributed by atoms with Crippen molar-refractivity contribution in [3.63, 3.8) is 0 Å². The van der Waals surface area contributed by atoms with Crippen LogP contribution in [-0.2, 0) is 0 Å². The second-order valence-electron chi connectivity index (χ2n) is 3.77. The Labute approximate surface area is 80.7 Å². The predicted molar refractivity (Wildman–Crippen MR) is 53.7 cm³/mol. The molecular weight excluding hydrogens is 164 g/mol. The lowest BCUT2D eigenvalue weighted by molar-refractivity contribution is 0.187. The van der Waals surface area contributed by atoms with Crippen molar-refractivity contribution in [3.8, 4) is 0 Å². The highest BCUT2D eigenvalue weighted by molar-refractivity contribution is 5.77. The van der Waals surface area contributed by atoms with Crippen LogP contribution in [0.25, 0.3) is 0 Å². The van der Waals surface area contributed by atoms with E-state index in [9.17, 15) is 4.79 Å². The maximum Gasteiger partial charge on any atom is 0.320 e. The number of nitrogens with zero attached hydrogens (tertiary/aromatic N) is 2. The molecule has 0 aromatic carbocycles. The zero-order valence-electron chi connectivity index (χ0n) is 8.92. The number of hydrogen-bond acceptors (Lipinski definition) is 1. The Bertz CT molecular complexity index is 182. The van der Waals surface area contributed by atoms with Crippen LogP contribution in [0.15, 0.2) is 0 Å². The van der Waals surface area contributed by atoms with Gasteiger partial charge >= 0.3 is 6.03 Å². The molecule has 0 aromatic rings. The lowest BCUT2D eigenvalue weighted by Gasteiger charge is -2.19. The van der Waals surface area contributed by atoms with Gasteiger partial charge < -0.3 is 9.80 Å². The molecule has 0 N–H and O–H groups in total. The molecule has 0 saturated carbocycles. The molecule has 0 aliphatic carbocycles. The van der Waals surface area contributed by atoms with E-state index in [1.807, 2.05) is 9.80 Å². The molecule has 2 amide bonds. The number of rotatable bonds is 4. The van der Waals surface area contributed by atoms with Crippen LogP contribution < -0.4 is 0 Å². The van der Waals surface area contributed by atoms with Gasteiger partial charge in [-0.2, -0.15) is 0 Å². The van der Waals surface area contributed by atoms with Crippen molar-refractivity contribution >= 4 is 6.03 Å². The van der Waals surface area contributed by atoms with Crippen LogP contribution in [0.4, 0.5) is 4.79 Å². The van der Waals surface area contributed by atoms with E-state index in [1.165, 1.54) is 0 Å². The number of hydrogen-bond donors (Lipinski definition) is 0. The molecule has 1 fully saturated rings. The SMILES string of the molecule is CCCN1CC(C)N(CCC)C1=O. The molecule has 1 rings (SSSR count). The summed E-state index contributed by atoms with van der Waals surface area (Å²) in [5.74, 6) is 0. The van der Waals surface area contributed by atoms with Crippen molar-refractivity contribution in [1.82, 2.24) is 9.80 Å². The Morgan fingerprint density at radius 3 is 2.46 bits per heavy atom. The first-order valence-corrected chi connectivity index (χ1v) is 5.26. The summed E-state index contributed by atoms with van der Waals surface area (Å²) >= 11 is 0. The Morgan fingerprint density at radius 2 is 1.92 bits per heavy atom. The van der Waals surface area contributed by atoms with E-state index < -0.39 is 0 Å². The van der Waals surface area contributed by atoms with Gasteiger partial charge in [0.2, 0.25) is 0 Å². The standard InChI is InChI=1S/C10H20N2O/c1-4-6-11-8-9(3)12(7-5-2)10(11)13/h9H,4-8H2,1-3H3. The average Bonchev–Trinajstić information content (AvgIpc) is 2.34. The van der Waals surface area contributed by atoms with Crippen LogP contribution in [0, 0.1) is 0 Å². The van der Waals surface area contributed by atoms with Crippen molar-refractivity contribution in [2.45, 2.75) is 39.7 Å². The van der Waals surface area contributed by atoms with E-state index in [4.69, 9.17) is 0 Å². The molecule has 13 heavy (non-hydrogen) atoms. The zero-order valence-corrected chi connectivity index (χ0v) is 8.92. The van der Waals surface area contributed by atoms with Crippen molar-refractivity contribution in [2.24, 2.45) is 0 Å². The molecule has 1 heterocycles. The van der Waals surface area contributed by atoms with E-state index >= 15 is 0 Å². The van der Waals surface area contributed by atoms with Gasteiger partial charge in [-0.3, -0.25) is 0 Å². The van der Waals surface area contributed by atoms with Gasteiger partial charge in [0, 0.05) is 25.7 Å². The average molecular weight is 184 g/mol. The van der Waals surface area contributed by atoms with Gasteiger partial charge in [-0.15, -0.1) is 0 Å². The molecule has 0 aromatic heterocycles. The van der Waals surface area contributed by atoms with Gasteiger partial charge in [-0.25, -0.2) is 4.79 Å². The Kier molecular flexibility index (Phi) is 3.58. The summed E-state index contributed by atoms with van der Waals surface area (Å²) in [4.78, 5) is 15.7. The lowest BCUT2D eigenvalue weighted by Crippen LogP contribution is -2.34. The van der Waals surface area contributed by atoms with E-state index in [-0.39, 0.29) is 6.03 Å². The molecule has 76 valence electrons. The summed E-state index contributed by atoms with van der Waals surface area (Å²) in [6.07, 6.45) is 2.11. The molecule has 3 nitrogen and oxygen atoms in total. The van der Waals surface area contributed by atoms with Crippen LogP contribution >= 0.6 is 0 Å². The van der Waals surface area contributed by atoms with Gasteiger partial charge in [0.15, 0.2) is 0 Å². The molecular formula is C10H20N2O. The monoisotopic (exact) mass is 184 g/mol. The van der Waals surface area contributed by atoms with Crippen LogP contribution in [-0.4, -0.2) is 41.5 Å². The first-order valence-electron chi connectivity index (χ1n) is 5.26. The van der Waals surface area contributed by atoms with E-state index in [1.54, 1.807) is 0 Å². The molecule has 0 spiro atoms. The van der Waals surface area contributed by atoms with Gasteiger partial charge in [0.05, 0.1) is 0 Å². The van der Waals surface area contributed by atoms with E-state index in [2.05, 4.69) is 20.8 Å². The van der Waals surface area contributed by atoms with Gasteiger partial charge in [-0.1, -0.05) is 13.8 Å². The van der Waals surface area contributed by atoms with E-state index in [0.29, 0.717) is 6.04 Å². The summed E-state index contributed by atoms with van der Waals surface area (Å²) in [7, 11) is 0. The Balaban J connectivity index is 2.53. The van der Waals surface area contributed by atoms with Crippen LogP contribution in [0.3, 0.4) is 0 Å². The summed E-state index contributed by atoms with van der Waals surface area (Å²) in [5.41, 5.74) is 0. The summed E-state index contributed by atoms with van der Waals surface area (Å²) < 4.78 is 0. The van der Waals surface area contributed by atoms with Gasteiger partial charge in [0.25, 0.3) is 0 Å². The normalized spacial score (nSPS) is 23.0. The van der Waals surface area contributed by atoms with Gasteiger partial charge in [0.1, 0.15) is 0 Å². The zero-order chi connectivity index (χ0) is 9.84. The highest BCUT2D eigenvalue weighted by Crippen LogP contribution is 2.15. The van der Waals surface area contributed by atoms with Crippen molar-refractivity contribution in [1.29, 1.82) is 0 Å². The maximum atomic E-state index is 11.7. The van der Waals surface area contributed by atoms with Crippen LogP contribution in [0.5, 0.6) is 0 Å². The predicted octanol–water partition coefficient (Wildman–Crippen LogP) is 1.93. The first kappa shape index (κ1) is 10.4. The molecule has 1 saturated heterocycles. The summed E-state index contributed by atoms with van der Waals surface area (Å²) in [6, 6.07) is 0.634. The fraction of sp³-hybridized carbons (Fsp3) is 0.900. The van der Waals surface area contributed by atoms with Crippen molar-refractivity contribution in [3.05, 3.63) is 0 Å². The minimum Gasteiger partial charge on any atom is -0.323 e. The first-order chi connectivity index (χ1) is 6.20. The third kappa shape index (κ3) is 2.14. The quantitative estimate of drug-likeness (QED) is 0.655. The van der Waals surface area contributed by atoms with Crippen LogP contribution in [0.2, 0.25) is 0 Å². The highest BCUT2D eigenvalue weighted by Gasteiger charge is 2.32. The number of urea groups is 1. The van der Waals surface area contributed by atoms with Crippen LogP contribution in [0.1, 0.15) is 33.6 Å². The fourth-order valence-electron chi connectivity index (χ4n) is 1.88. The fourth-order valence-corrected chi connectivity index (χ4v) is 1.88. The molecule has 0 radical (unpaired) electrons. The summed E-state index contributed by atoms with van der Waals surface area (Å²) in [6.45, 7) is 9.07. The van der Waals surface area contributed by atoms with Crippen molar-refractivity contribution < 1.29 is 4.79 Å². The second kappa shape index (κ2) is 4.49. The molecule has 3 heteroatoms. The summed E-state index contributed by atoms with van der Waals surface area (Å²) in [5, 5.41) is 0. The number of carbonyl (C=O) groups excluding carboxylic acids is 1. The van der Waals surface area contributed by atoms with E-state index in [0.717, 1.165) is 32.5 Å². The topological polar surface area (TPSA) is 23.6 Å². The molecule has 0 bridgehead atoms. The molecule has 1 unspecified atom stereocenters. The number of carbonyl (C=O) groups is 1. The lowest BCUT2D eigenvalue weighted by atomic mass is 10.3. The number of amides is 2. The third-order valence-corrected chi connectivity index (χ3v) is 2.49.